The second-order valence-electron chi connectivity index (χ2n) is 11.2. The summed E-state index contributed by atoms with van der Waals surface area (Å²) < 4.78 is 29.5. The molecule has 3 aromatic rings. The van der Waals surface area contributed by atoms with Crippen LogP contribution in [-0.2, 0) is 53.5 Å². The number of benzene rings is 3. The smallest absolute Gasteiger partial charge is 0.244 e. The van der Waals surface area contributed by atoms with Crippen LogP contribution in [0.2, 0.25) is 0 Å². The van der Waals surface area contributed by atoms with Gasteiger partial charge in [-0.3, -0.25) is 4.79 Å². The van der Waals surface area contributed by atoms with E-state index in [-0.39, 0.29) is 17.3 Å². The maximum Gasteiger partial charge on any atom is 0.244 e. The first-order chi connectivity index (χ1) is 19.5. The lowest BCUT2D eigenvalue weighted by Crippen LogP contribution is -2.50. The van der Waals surface area contributed by atoms with Crippen LogP contribution in [0.4, 0.5) is 11.4 Å². The highest BCUT2D eigenvalue weighted by Crippen LogP contribution is 2.39. The molecule has 0 aromatic heterocycles. The van der Waals surface area contributed by atoms with Gasteiger partial charge in [-0.05, 0) is 122 Å². The van der Waals surface area contributed by atoms with Gasteiger partial charge in [0.1, 0.15) is 6.04 Å². The largest absolute Gasteiger partial charge is 0.385 e. The molecule has 40 heavy (non-hydrogen) atoms. The third-order valence-corrected chi connectivity index (χ3v) is 10.5. The van der Waals surface area contributed by atoms with Crippen molar-refractivity contribution in [1.82, 2.24) is 4.31 Å². The third-order valence-electron chi connectivity index (χ3n) is 8.65. The fourth-order valence-corrected chi connectivity index (χ4v) is 8.10. The molecule has 3 aliphatic rings. The van der Waals surface area contributed by atoms with Crippen LogP contribution < -0.4 is 16.4 Å². The molecule has 3 aromatic carbocycles. The molecule has 0 fully saturated rings. The minimum atomic E-state index is -3.93. The molecule has 2 aliphatic carbocycles. The number of nitrogens with one attached hydrogen (secondary N) is 2. The highest BCUT2D eigenvalue weighted by Gasteiger charge is 2.40. The summed E-state index contributed by atoms with van der Waals surface area (Å²) in [7, 11) is -3.93. The van der Waals surface area contributed by atoms with E-state index in [2.05, 4.69) is 16.7 Å². The van der Waals surface area contributed by atoms with Crippen LogP contribution in [0.5, 0.6) is 0 Å². The van der Waals surface area contributed by atoms with Crippen LogP contribution in [0.3, 0.4) is 0 Å². The zero-order chi connectivity index (χ0) is 27.7. The summed E-state index contributed by atoms with van der Waals surface area (Å²) in [6.07, 6.45) is 8.43. The Morgan fingerprint density at radius 2 is 1.55 bits per heavy atom. The summed E-state index contributed by atoms with van der Waals surface area (Å²) in [6, 6.07) is 16.2. The molecule has 0 bridgehead atoms. The van der Waals surface area contributed by atoms with Gasteiger partial charge >= 0.3 is 0 Å². The summed E-state index contributed by atoms with van der Waals surface area (Å²) in [5.41, 5.74) is 14.5. The minimum absolute atomic E-state index is 0.167. The Balaban J connectivity index is 1.30. The average molecular weight is 559 g/mol. The van der Waals surface area contributed by atoms with Crippen LogP contribution in [0.15, 0.2) is 59.5 Å². The Labute approximate surface area is 237 Å². The van der Waals surface area contributed by atoms with E-state index >= 15 is 0 Å². The van der Waals surface area contributed by atoms with Gasteiger partial charge in [-0.1, -0.05) is 30.3 Å². The predicted octanol–water partition coefficient (Wildman–Crippen LogP) is 4.57. The van der Waals surface area contributed by atoms with E-state index in [9.17, 15) is 13.2 Å². The maximum absolute atomic E-state index is 14.1. The van der Waals surface area contributed by atoms with Crippen LogP contribution >= 0.6 is 0 Å². The molecule has 1 aliphatic heterocycles. The zero-order valence-corrected chi connectivity index (χ0v) is 23.7. The Hall–Kier alpha value is -3.20. The molecule has 210 valence electrons. The molecule has 4 N–H and O–H groups in total. The Morgan fingerprint density at radius 1 is 0.875 bits per heavy atom. The molecular weight excluding hydrogens is 520 g/mol. The van der Waals surface area contributed by atoms with Crippen LogP contribution in [-0.4, -0.2) is 37.8 Å². The summed E-state index contributed by atoms with van der Waals surface area (Å²) >= 11 is 0. The molecule has 6 rings (SSSR count). The van der Waals surface area contributed by atoms with Crippen molar-refractivity contribution in [3.05, 3.63) is 88.0 Å². The van der Waals surface area contributed by atoms with E-state index in [4.69, 9.17) is 5.73 Å². The predicted molar refractivity (Wildman–Crippen MR) is 159 cm³/mol. The minimum Gasteiger partial charge on any atom is -0.385 e. The number of unbranched alkanes of at least 4 members (excludes halogenated alkanes) is 1. The van der Waals surface area contributed by atoms with E-state index in [0.29, 0.717) is 13.0 Å². The average Bonchev–Trinajstić information content (AvgIpc) is 3.64. The summed E-state index contributed by atoms with van der Waals surface area (Å²) in [5.74, 6) is -0.245. The quantitative estimate of drug-likeness (QED) is 0.334. The molecule has 0 saturated heterocycles. The van der Waals surface area contributed by atoms with Gasteiger partial charge in [0.15, 0.2) is 0 Å². The number of rotatable bonds is 9. The number of hydrogen-bond acceptors (Lipinski definition) is 5. The van der Waals surface area contributed by atoms with Gasteiger partial charge in [0.05, 0.1) is 4.90 Å². The lowest BCUT2D eigenvalue weighted by atomic mass is 9.94. The van der Waals surface area contributed by atoms with Crippen LogP contribution in [0.1, 0.15) is 59.1 Å². The first-order valence-electron chi connectivity index (χ1n) is 14.6. The maximum atomic E-state index is 14.1. The number of nitrogens with two attached hydrogens (primary N) is 1. The van der Waals surface area contributed by atoms with Gasteiger partial charge in [0, 0.05) is 24.5 Å². The van der Waals surface area contributed by atoms with Gasteiger partial charge in [-0.25, -0.2) is 8.42 Å². The SMILES string of the molecule is NCCCCNc1ccc(S(=O)(=O)N2Cc3ccccc3C[C@H]2C(=O)Nc2c3c(cc4c2CCC4)CCC3)cc1. The molecular formula is C32H38N4O3S. The lowest BCUT2D eigenvalue weighted by molar-refractivity contribution is -0.120. The molecule has 1 atom stereocenters. The monoisotopic (exact) mass is 558 g/mol. The lowest BCUT2D eigenvalue weighted by Gasteiger charge is -2.35. The molecule has 0 spiro atoms. The number of hydrogen-bond donors (Lipinski definition) is 3. The second-order valence-corrected chi connectivity index (χ2v) is 13.1. The van der Waals surface area contributed by atoms with Gasteiger partial charge in [-0.2, -0.15) is 4.31 Å². The van der Waals surface area contributed by atoms with E-state index in [1.165, 1.54) is 26.6 Å². The van der Waals surface area contributed by atoms with E-state index < -0.39 is 16.1 Å². The number of amides is 1. The van der Waals surface area contributed by atoms with E-state index in [1.54, 1.807) is 24.3 Å². The molecule has 8 heteroatoms. The highest BCUT2D eigenvalue weighted by atomic mass is 32.2. The van der Waals surface area contributed by atoms with Gasteiger partial charge in [0.2, 0.25) is 15.9 Å². The molecule has 1 amide bonds. The number of fused-ring (bicyclic) bond motifs is 3. The van der Waals surface area contributed by atoms with E-state index in [1.807, 2.05) is 24.3 Å². The Morgan fingerprint density at radius 3 is 2.23 bits per heavy atom. The van der Waals surface area contributed by atoms with Crippen molar-refractivity contribution < 1.29 is 13.2 Å². The summed E-state index contributed by atoms with van der Waals surface area (Å²) in [4.78, 5) is 14.2. The number of anilines is 2. The van der Waals surface area contributed by atoms with Crippen molar-refractivity contribution in [2.24, 2.45) is 5.73 Å². The summed E-state index contributed by atoms with van der Waals surface area (Å²) in [6.45, 7) is 1.60. The highest BCUT2D eigenvalue weighted by molar-refractivity contribution is 7.89. The third kappa shape index (κ3) is 5.16. The number of carbonyl (C=O) groups is 1. The Bertz CT molecular complexity index is 1490. The first-order valence-corrected chi connectivity index (χ1v) is 16.0. The van der Waals surface area contributed by atoms with Crippen LogP contribution in [0.25, 0.3) is 0 Å². The van der Waals surface area contributed by atoms with Gasteiger partial charge in [-0.15, -0.1) is 0 Å². The van der Waals surface area contributed by atoms with Crippen molar-refractivity contribution >= 4 is 27.3 Å². The molecule has 7 nitrogen and oxygen atoms in total. The van der Waals surface area contributed by atoms with Gasteiger partial charge < -0.3 is 16.4 Å². The molecule has 0 radical (unpaired) electrons. The van der Waals surface area contributed by atoms with Crippen molar-refractivity contribution in [3.8, 4) is 0 Å². The molecule has 1 heterocycles. The van der Waals surface area contributed by atoms with Crippen LogP contribution in [0, 0.1) is 0 Å². The standard InChI is InChI=1S/C32H38N4O3S/c33-17-3-4-18-34-26-13-15-27(16-14-26)40(38,39)36-21-25-8-2-1-7-22(25)20-30(36)32(37)35-31-28-11-5-9-23(28)19-24-10-6-12-29(24)31/h1-2,7-8,13-16,19,30,34H,3-6,9-12,17-18,20-21,33H2,(H,35,37)/t30-/m0/s1. The first kappa shape index (κ1) is 27.0. The number of nitrogens with zero attached hydrogens (tertiary/aromatic N) is 1. The van der Waals surface area contributed by atoms with Crippen molar-refractivity contribution in [3.63, 3.8) is 0 Å². The van der Waals surface area contributed by atoms with Gasteiger partial charge in [0.25, 0.3) is 0 Å². The summed E-state index contributed by atoms with van der Waals surface area (Å²) in [5, 5.41) is 6.59. The molecule has 0 saturated carbocycles. The Kier molecular flexibility index (Phi) is 7.66. The number of sulfonamides is 1. The second kappa shape index (κ2) is 11.4. The number of aryl methyl sites for hydroxylation is 2. The van der Waals surface area contributed by atoms with Crippen molar-refractivity contribution in [2.45, 2.75) is 75.3 Å². The molecule has 0 unspecified atom stereocenters. The van der Waals surface area contributed by atoms with Crippen molar-refractivity contribution in [1.29, 1.82) is 0 Å². The number of carbonyl (C=O) groups excluding carboxylic acids is 1. The zero-order valence-electron chi connectivity index (χ0n) is 22.9. The fraction of sp³-hybridized carbons (Fsp3) is 0.406. The van der Waals surface area contributed by atoms with E-state index in [0.717, 1.165) is 80.4 Å². The normalized spacial score (nSPS) is 18.2. The fourth-order valence-electron chi connectivity index (χ4n) is 6.53. The van der Waals surface area contributed by atoms with Crippen molar-refractivity contribution in [2.75, 3.05) is 23.7 Å². The topological polar surface area (TPSA) is 105 Å².